The van der Waals surface area contributed by atoms with Gasteiger partial charge in [0.25, 0.3) is 0 Å². The van der Waals surface area contributed by atoms with E-state index in [2.05, 4.69) is 11.9 Å². The Labute approximate surface area is 109 Å². The minimum absolute atomic E-state index is 0.362. The van der Waals surface area contributed by atoms with Crippen LogP contribution in [-0.4, -0.2) is 18.3 Å². The predicted molar refractivity (Wildman–Crippen MR) is 70.9 cm³/mol. The summed E-state index contributed by atoms with van der Waals surface area (Å²) in [4.78, 5) is 0. The SMILES string of the molecule is CC1(C)OB(C#COc2ccccc2)OC1(C)C. The third-order valence-corrected chi connectivity index (χ3v) is 3.34. The predicted octanol–water partition coefficient (Wildman–Crippen LogP) is 2.66. The second-order valence-corrected chi connectivity index (χ2v) is 5.25. The van der Waals surface area contributed by atoms with E-state index in [-0.39, 0.29) is 11.2 Å². The summed E-state index contributed by atoms with van der Waals surface area (Å²) in [5.41, 5.74) is -0.724. The molecule has 1 aromatic rings. The zero-order valence-electron chi connectivity index (χ0n) is 11.2. The molecular weight excluding hydrogens is 227 g/mol. The van der Waals surface area contributed by atoms with Gasteiger partial charge in [0.2, 0.25) is 0 Å². The van der Waals surface area contributed by atoms with E-state index in [0.29, 0.717) is 5.75 Å². The minimum Gasteiger partial charge on any atom is -0.408 e. The molecule has 1 aliphatic rings. The van der Waals surface area contributed by atoms with E-state index in [9.17, 15) is 0 Å². The van der Waals surface area contributed by atoms with Crippen molar-refractivity contribution in [2.45, 2.75) is 38.9 Å². The molecule has 1 aromatic carbocycles. The summed E-state index contributed by atoms with van der Waals surface area (Å²) in [6.07, 6.45) is 2.62. The van der Waals surface area contributed by atoms with E-state index < -0.39 is 7.12 Å². The molecular formula is C14H17BO3. The topological polar surface area (TPSA) is 27.7 Å². The number of ether oxygens (including phenoxy) is 1. The molecule has 1 fully saturated rings. The Hall–Kier alpha value is -1.44. The Balaban J connectivity index is 1.97. The molecule has 0 aromatic heterocycles. The van der Waals surface area contributed by atoms with E-state index in [1.54, 1.807) is 0 Å². The van der Waals surface area contributed by atoms with Crippen LogP contribution in [0.5, 0.6) is 5.75 Å². The lowest BCUT2D eigenvalue weighted by molar-refractivity contribution is 0.00578. The van der Waals surface area contributed by atoms with Gasteiger partial charge in [-0.05, 0) is 45.6 Å². The van der Waals surface area contributed by atoms with Crippen molar-refractivity contribution in [2.75, 3.05) is 0 Å². The van der Waals surface area contributed by atoms with E-state index >= 15 is 0 Å². The summed E-state index contributed by atoms with van der Waals surface area (Å²) >= 11 is 0. The fourth-order valence-corrected chi connectivity index (χ4v) is 1.53. The summed E-state index contributed by atoms with van der Waals surface area (Å²) in [5, 5.41) is 0. The summed E-state index contributed by atoms with van der Waals surface area (Å²) in [7, 11) is -0.543. The third kappa shape index (κ3) is 2.69. The average molecular weight is 244 g/mol. The lowest BCUT2D eigenvalue weighted by atomic mass is 9.90. The Morgan fingerprint density at radius 1 is 1.00 bits per heavy atom. The van der Waals surface area contributed by atoms with Gasteiger partial charge in [-0.3, -0.25) is 0 Å². The summed E-state index contributed by atoms with van der Waals surface area (Å²) in [6.45, 7) is 7.97. The monoisotopic (exact) mass is 244 g/mol. The highest BCUT2D eigenvalue weighted by Gasteiger charge is 2.50. The molecule has 0 bridgehead atoms. The van der Waals surface area contributed by atoms with Gasteiger partial charge in [0.05, 0.1) is 11.2 Å². The van der Waals surface area contributed by atoms with Crippen LogP contribution in [0.3, 0.4) is 0 Å². The van der Waals surface area contributed by atoms with Crippen LogP contribution in [-0.2, 0) is 9.31 Å². The number of benzene rings is 1. The third-order valence-electron chi connectivity index (χ3n) is 3.34. The molecule has 1 heterocycles. The van der Waals surface area contributed by atoms with Crippen molar-refractivity contribution in [3.63, 3.8) is 0 Å². The smallest absolute Gasteiger partial charge is 0.408 e. The number of hydrogen-bond acceptors (Lipinski definition) is 3. The summed E-state index contributed by atoms with van der Waals surface area (Å²) in [5.74, 6) is 3.53. The first-order valence-corrected chi connectivity index (χ1v) is 5.99. The van der Waals surface area contributed by atoms with Crippen molar-refractivity contribution in [1.29, 1.82) is 0 Å². The second kappa shape index (κ2) is 4.68. The van der Waals surface area contributed by atoms with Gasteiger partial charge >= 0.3 is 7.12 Å². The Kier molecular flexibility index (Phi) is 3.38. The maximum absolute atomic E-state index is 5.73. The second-order valence-electron chi connectivity index (χ2n) is 5.25. The maximum atomic E-state index is 5.73. The fraction of sp³-hybridized carbons (Fsp3) is 0.429. The quantitative estimate of drug-likeness (QED) is 0.561. The molecule has 0 N–H and O–H groups in total. The molecule has 1 aliphatic heterocycles. The molecule has 94 valence electrons. The highest BCUT2D eigenvalue weighted by atomic mass is 16.7. The molecule has 4 heteroatoms. The number of para-hydroxylation sites is 1. The van der Waals surface area contributed by atoms with Crippen molar-refractivity contribution in [3.8, 4) is 17.7 Å². The molecule has 0 saturated carbocycles. The van der Waals surface area contributed by atoms with E-state index in [4.69, 9.17) is 14.0 Å². The molecule has 3 nitrogen and oxygen atoms in total. The highest BCUT2D eigenvalue weighted by Crippen LogP contribution is 2.36. The van der Waals surface area contributed by atoms with E-state index in [0.717, 1.165) is 0 Å². The Bertz CT molecular complexity index is 455. The lowest BCUT2D eigenvalue weighted by Gasteiger charge is -2.32. The van der Waals surface area contributed by atoms with Crippen LogP contribution in [0.1, 0.15) is 27.7 Å². The van der Waals surface area contributed by atoms with Crippen LogP contribution in [0, 0.1) is 11.9 Å². The minimum atomic E-state index is -0.543. The van der Waals surface area contributed by atoms with Crippen LogP contribution >= 0.6 is 0 Å². The molecule has 0 radical (unpaired) electrons. The summed E-state index contributed by atoms with van der Waals surface area (Å²) in [6, 6.07) is 9.41. The van der Waals surface area contributed by atoms with Gasteiger partial charge in [-0.1, -0.05) is 18.2 Å². The normalized spacial score (nSPS) is 20.1. The van der Waals surface area contributed by atoms with Crippen molar-refractivity contribution in [3.05, 3.63) is 30.3 Å². The van der Waals surface area contributed by atoms with Crippen LogP contribution < -0.4 is 4.74 Å². The standard InChI is InChI=1S/C14H17BO3/c1-13(2)14(3,4)18-15(17-13)10-11-16-12-8-6-5-7-9-12/h5-9H,1-4H3. The molecule has 0 unspecified atom stereocenters. The van der Waals surface area contributed by atoms with Gasteiger partial charge in [0.1, 0.15) is 11.9 Å². The first-order valence-electron chi connectivity index (χ1n) is 5.99. The number of rotatable bonds is 1. The highest BCUT2D eigenvalue weighted by molar-refractivity contribution is 6.55. The van der Waals surface area contributed by atoms with Gasteiger partial charge in [0, 0.05) is 0 Å². The van der Waals surface area contributed by atoms with E-state index in [1.807, 2.05) is 58.0 Å². The van der Waals surface area contributed by atoms with Crippen LogP contribution in [0.25, 0.3) is 0 Å². The number of hydrogen-bond donors (Lipinski definition) is 0. The van der Waals surface area contributed by atoms with Gasteiger partial charge in [-0.15, -0.1) is 0 Å². The first-order chi connectivity index (χ1) is 8.41. The Morgan fingerprint density at radius 3 is 2.11 bits per heavy atom. The van der Waals surface area contributed by atoms with Crippen LogP contribution in [0.15, 0.2) is 30.3 Å². The maximum Gasteiger partial charge on any atom is 0.554 e. The fourth-order valence-electron chi connectivity index (χ4n) is 1.53. The largest absolute Gasteiger partial charge is 0.554 e. The van der Waals surface area contributed by atoms with Crippen LogP contribution in [0.4, 0.5) is 0 Å². The van der Waals surface area contributed by atoms with Crippen molar-refractivity contribution < 1.29 is 14.0 Å². The molecule has 0 spiro atoms. The zero-order chi connectivity index (χ0) is 13.2. The summed E-state index contributed by atoms with van der Waals surface area (Å²) < 4.78 is 16.7. The lowest BCUT2D eigenvalue weighted by Crippen LogP contribution is -2.41. The van der Waals surface area contributed by atoms with Crippen molar-refractivity contribution in [2.24, 2.45) is 0 Å². The van der Waals surface area contributed by atoms with Gasteiger partial charge in [-0.2, -0.15) is 0 Å². The molecule has 18 heavy (non-hydrogen) atoms. The Morgan fingerprint density at radius 2 is 1.56 bits per heavy atom. The molecule has 2 rings (SSSR count). The molecule has 1 saturated heterocycles. The average Bonchev–Trinajstić information content (AvgIpc) is 2.49. The van der Waals surface area contributed by atoms with Crippen LogP contribution in [0.2, 0.25) is 0 Å². The van der Waals surface area contributed by atoms with Gasteiger partial charge in [-0.25, -0.2) is 0 Å². The van der Waals surface area contributed by atoms with E-state index in [1.165, 1.54) is 0 Å². The van der Waals surface area contributed by atoms with Gasteiger partial charge < -0.3 is 14.0 Å². The van der Waals surface area contributed by atoms with Crippen molar-refractivity contribution in [1.82, 2.24) is 0 Å². The molecule has 0 amide bonds. The van der Waals surface area contributed by atoms with Crippen molar-refractivity contribution >= 4 is 7.12 Å². The zero-order valence-corrected chi connectivity index (χ0v) is 11.2. The molecule has 0 atom stereocenters. The van der Waals surface area contributed by atoms with Gasteiger partial charge in [0.15, 0.2) is 0 Å². The first kappa shape index (κ1) is 13.0. The molecule has 0 aliphatic carbocycles.